The van der Waals surface area contributed by atoms with E-state index in [2.05, 4.69) is 38.5 Å². The van der Waals surface area contributed by atoms with Crippen molar-refractivity contribution in [2.75, 3.05) is 7.05 Å². The van der Waals surface area contributed by atoms with E-state index >= 15 is 0 Å². The molecule has 0 spiro atoms. The van der Waals surface area contributed by atoms with Crippen LogP contribution in [-0.4, -0.2) is 16.8 Å². The van der Waals surface area contributed by atoms with Crippen LogP contribution in [0.5, 0.6) is 0 Å². The summed E-state index contributed by atoms with van der Waals surface area (Å²) in [7, 11) is 3.94. The van der Waals surface area contributed by atoms with E-state index in [9.17, 15) is 0 Å². The number of hydrogen-bond donors (Lipinski definition) is 1. The third kappa shape index (κ3) is 3.38. The number of aromatic nitrogens is 2. The fourth-order valence-corrected chi connectivity index (χ4v) is 2.62. The number of benzene rings is 1. The number of aryl methyl sites for hydroxylation is 2. The lowest BCUT2D eigenvalue weighted by atomic mass is 10.0. The molecule has 1 unspecified atom stereocenters. The van der Waals surface area contributed by atoms with Crippen LogP contribution in [0.15, 0.2) is 28.7 Å². The van der Waals surface area contributed by atoms with E-state index in [1.54, 1.807) is 0 Å². The molecule has 0 saturated carbocycles. The molecule has 0 fully saturated rings. The summed E-state index contributed by atoms with van der Waals surface area (Å²) < 4.78 is 2.85. The van der Waals surface area contributed by atoms with Crippen LogP contribution in [-0.2, 0) is 13.5 Å². The van der Waals surface area contributed by atoms with Crippen LogP contribution in [0.1, 0.15) is 23.0 Å². The van der Waals surface area contributed by atoms with E-state index < -0.39 is 0 Å². The van der Waals surface area contributed by atoms with Crippen molar-refractivity contribution in [3.63, 3.8) is 0 Å². The van der Waals surface area contributed by atoms with Gasteiger partial charge in [-0.15, -0.1) is 0 Å². The van der Waals surface area contributed by atoms with Crippen LogP contribution in [0.4, 0.5) is 0 Å². The molecule has 1 aromatic carbocycles. The smallest absolute Gasteiger partial charge is 0.0596 e. The fourth-order valence-electron chi connectivity index (χ4n) is 2.18. The minimum atomic E-state index is 0.223. The largest absolute Gasteiger partial charge is 0.313 e. The molecule has 0 aliphatic heterocycles. The molecule has 19 heavy (non-hydrogen) atoms. The van der Waals surface area contributed by atoms with Gasteiger partial charge in [0, 0.05) is 29.7 Å². The highest BCUT2D eigenvalue weighted by atomic mass is 79.9. The van der Waals surface area contributed by atoms with E-state index in [4.69, 9.17) is 11.6 Å². The van der Waals surface area contributed by atoms with E-state index in [1.165, 1.54) is 11.3 Å². The second-order valence-corrected chi connectivity index (χ2v) is 5.88. The Bertz CT molecular complexity index is 580. The molecule has 2 aromatic rings. The van der Waals surface area contributed by atoms with Gasteiger partial charge < -0.3 is 5.32 Å². The summed E-state index contributed by atoms with van der Waals surface area (Å²) in [6.07, 6.45) is 0.881. The average molecular weight is 343 g/mol. The lowest BCUT2D eigenvalue weighted by Crippen LogP contribution is -2.20. The second-order valence-electron chi connectivity index (χ2n) is 4.62. The maximum Gasteiger partial charge on any atom is 0.0596 e. The van der Waals surface area contributed by atoms with E-state index in [1.807, 2.05) is 37.8 Å². The van der Waals surface area contributed by atoms with Crippen molar-refractivity contribution in [3.8, 4) is 0 Å². The van der Waals surface area contributed by atoms with Gasteiger partial charge in [-0.1, -0.05) is 17.7 Å². The molecule has 1 N–H and O–H groups in total. The van der Waals surface area contributed by atoms with Gasteiger partial charge in [-0.3, -0.25) is 4.68 Å². The molecule has 1 atom stereocenters. The zero-order chi connectivity index (χ0) is 14.0. The normalized spacial score (nSPS) is 12.7. The van der Waals surface area contributed by atoms with Crippen molar-refractivity contribution < 1.29 is 0 Å². The number of likely N-dealkylation sites (N-methyl/N-ethyl adjacent to an activating group) is 1. The standard InChI is InChI=1S/C14H17BrClN3/c1-9-6-11(19(3)18-9)8-14(17-2)10-4-5-12(15)13(16)7-10/h4-7,14,17H,8H2,1-3H3. The first-order chi connectivity index (χ1) is 9.01. The summed E-state index contributed by atoms with van der Waals surface area (Å²) in [6, 6.07) is 8.40. The van der Waals surface area contributed by atoms with Gasteiger partial charge in [-0.25, -0.2) is 0 Å². The quantitative estimate of drug-likeness (QED) is 0.919. The van der Waals surface area contributed by atoms with E-state index in [-0.39, 0.29) is 6.04 Å². The molecule has 5 heteroatoms. The minimum Gasteiger partial charge on any atom is -0.313 e. The van der Waals surface area contributed by atoms with Crippen molar-refractivity contribution >= 4 is 27.5 Å². The first-order valence-electron chi connectivity index (χ1n) is 6.13. The monoisotopic (exact) mass is 341 g/mol. The zero-order valence-electron chi connectivity index (χ0n) is 11.2. The highest BCUT2D eigenvalue weighted by Gasteiger charge is 2.14. The molecule has 0 radical (unpaired) electrons. The highest BCUT2D eigenvalue weighted by molar-refractivity contribution is 9.10. The summed E-state index contributed by atoms with van der Waals surface area (Å²) in [5.41, 5.74) is 3.42. The van der Waals surface area contributed by atoms with Gasteiger partial charge in [0.1, 0.15) is 0 Å². The maximum atomic E-state index is 6.16. The molecule has 1 heterocycles. The molecule has 1 aromatic heterocycles. The molecule has 0 bridgehead atoms. The molecule has 3 nitrogen and oxygen atoms in total. The lowest BCUT2D eigenvalue weighted by Gasteiger charge is -2.17. The Morgan fingerprint density at radius 3 is 2.68 bits per heavy atom. The Balaban J connectivity index is 2.24. The van der Waals surface area contributed by atoms with Gasteiger partial charge in [-0.2, -0.15) is 5.10 Å². The molecule has 0 amide bonds. The van der Waals surface area contributed by atoms with Crippen LogP contribution in [0.2, 0.25) is 5.02 Å². The predicted molar refractivity (Wildman–Crippen MR) is 82.6 cm³/mol. The van der Waals surface area contributed by atoms with Crippen LogP contribution >= 0.6 is 27.5 Å². The first-order valence-corrected chi connectivity index (χ1v) is 7.30. The van der Waals surface area contributed by atoms with Gasteiger partial charge in [0.25, 0.3) is 0 Å². The summed E-state index contributed by atoms with van der Waals surface area (Å²) in [5, 5.41) is 8.45. The van der Waals surface area contributed by atoms with E-state index in [0.717, 1.165) is 21.6 Å². The number of nitrogens with one attached hydrogen (secondary N) is 1. The van der Waals surface area contributed by atoms with Gasteiger partial charge in [-0.05, 0) is 53.7 Å². The maximum absolute atomic E-state index is 6.16. The van der Waals surface area contributed by atoms with Crippen molar-refractivity contribution in [1.29, 1.82) is 0 Å². The SMILES string of the molecule is CNC(Cc1cc(C)nn1C)c1ccc(Br)c(Cl)c1. The number of halogens is 2. The third-order valence-corrected chi connectivity index (χ3v) is 4.44. The Morgan fingerprint density at radius 2 is 2.16 bits per heavy atom. The number of hydrogen-bond acceptors (Lipinski definition) is 2. The summed E-state index contributed by atoms with van der Waals surface area (Å²) in [5.74, 6) is 0. The first kappa shape index (κ1) is 14.6. The van der Waals surface area contributed by atoms with Crippen LogP contribution < -0.4 is 5.32 Å². The Morgan fingerprint density at radius 1 is 1.42 bits per heavy atom. The van der Waals surface area contributed by atoms with Crippen LogP contribution in [0, 0.1) is 6.92 Å². The van der Waals surface area contributed by atoms with Gasteiger partial charge in [0.15, 0.2) is 0 Å². The third-order valence-electron chi connectivity index (χ3n) is 3.21. The van der Waals surface area contributed by atoms with Gasteiger partial charge >= 0.3 is 0 Å². The van der Waals surface area contributed by atoms with E-state index in [0.29, 0.717) is 0 Å². The van der Waals surface area contributed by atoms with Crippen LogP contribution in [0.3, 0.4) is 0 Å². The predicted octanol–water partition coefficient (Wildman–Crippen LogP) is 3.65. The number of nitrogens with zero attached hydrogens (tertiary/aromatic N) is 2. The molecule has 2 rings (SSSR count). The second kappa shape index (κ2) is 6.07. The van der Waals surface area contributed by atoms with Crippen molar-refractivity contribution in [3.05, 3.63) is 50.7 Å². The van der Waals surface area contributed by atoms with Crippen LogP contribution in [0.25, 0.3) is 0 Å². The Labute approximate surface area is 127 Å². The molecular weight excluding hydrogens is 326 g/mol. The van der Waals surface area contributed by atoms with Gasteiger partial charge in [0.2, 0.25) is 0 Å². The molecule has 0 aliphatic rings. The summed E-state index contributed by atoms with van der Waals surface area (Å²) in [6.45, 7) is 2.01. The number of rotatable bonds is 4. The highest BCUT2D eigenvalue weighted by Crippen LogP contribution is 2.27. The molecule has 0 saturated heterocycles. The topological polar surface area (TPSA) is 29.9 Å². The summed E-state index contributed by atoms with van der Waals surface area (Å²) in [4.78, 5) is 0. The minimum absolute atomic E-state index is 0.223. The molecule has 0 aliphatic carbocycles. The fraction of sp³-hybridized carbons (Fsp3) is 0.357. The molecular formula is C14H17BrClN3. The lowest BCUT2D eigenvalue weighted by molar-refractivity contribution is 0.561. The Kier molecular flexibility index (Phi) is 4.66. The Hall–Kier alpha value is -0.840. The van der Waals surface area contributed by atoms with Crippen molar-refractivity contribution in [2.45, 2.75) is 19.4 Å². The molecule has 102 valence electrons. The van der Waals surface area contributed by atoms with Crippen molar-refractivity contribution in [1.82, 2.24) is 15.1 Å². The van der Waals surface area contributed by atoms with Crippen molar-refractivity contribution in [2.24, 2.45) is 7.05 Å². The van der Waals surface area contributed by atoms with Gasteiger partial charge in [0.05, 0.1) is 10.7 Å². The summed E-state index contributed by atoms with van der Waals surface area (Å²) >= 11 is 9.58. The zero-order valence-corrected chi connectivity index (χ0v) is 13.6. The average Bonchev–Trinajstić information content (AvgIpc) is 2.68.